The smallest absolute Gasteiger partial charge is 0.131 e. The van der Waals surface area contributed by atoms with Crippen molar-refractivity contribution < 1.29 is 9.84 Å². The maximum Gasteiger partial charge on any atom is 0.131 e. The first-order valence-electron chi connectivity index (χ1n) is 8.76. The Morgan fingerprint density at radius 3 is 2.57 bits per heavy atom. The van der Waals surface area contributed by atoms with Crippen molar-refractivity contribution in [2.45, 2.75) is 39.2 Å². The molecule has 0 unspecified atom stereocenters. The largest absolute Gasteiger partial charge is 0.396 e. The third-order valence-electron chi connectivity index (χ3n) is 5.10. The highest BCUT2D eigenvalue weighted by Gasteiger charge is 2.41. The molecule has 0 bridgehead atoms. The number of aliphatic hydroxyl groups excluding tert-OH is 1. The number of nitrogens with zero attached hydrogens (tertiary/aromatic N) is 3. The Bertz CT molecular complexity index is 531. The zero-order valence-electron chi connectivity index (χ0n) is 14.6. The van der Waals surface area contributed by atoms with Gasteiger partial charge in [-0.05, 0) is 18.8 Å². The Balaban J connectivity index is 1.77. The second kappa shape index (κ2) is 6.79. The number of hydrogen-bond acceptors (Lipinski definition) is 5. The number of rotatable bonds is 7. The molecule has 23 heavy (non-hydrogen) atoms. The molecule has 2 heterocycles. The van der Waals surface area contributed by atoms with Gasteiger partial charge in [-0.1, -0.05) is 13.8 Å². The van der Waals surface area contributed by atoms with E-state index in [0.717, 1.165) is 52.2 Å². The highest BCUT2D eigenvalue weighted by atomic mass is 16.5. The normalized spacial score (nSPS) is 20.3. The molecule has 0 atom stereocenters. The van der Waals surface area contributed by atoms with E-state index < -0.39 is 0 Å². The van der Waals surface area contributed by atoms with Crippen molar-refractivity contribution in [2.75, 3.05) is 44.4 Å². The van der Waals surface area contributed by atoms with Crippen molar-refractivity contribution in [2.24, 2.45) is 12.5 Å². The molecule has 1 saturated heterocycles. The van der Waals surface area contributed by atoms with E-state index in [0.29, 0.717) is 12.5 Å². The third-order valence-corrected chi connectivity index (χ3v) is 5.10. The molecule has 2 fully saturated rings. The van der Waals surface area contributed by atoms with Gasteiger partial charge in [0.25, 0.3) is 0 Å². The molecule has 1 saturated carbocycles. The van der Waals surface area contributed by atoms with Gasteiger partial charge in [0.1, 0.15) is 5.82 Å². The van der Waals surface area contributed by atoms with E-state index in [4.69, 9.17) is 9.84 Å². The summed E-state index contributed by atoms with van der Waals surface area (Å²) in [6, 6.07) is 0. The number of morpholine rings is 1. The van der Waals surface area contributed by atoms with Gasteiger partial charge in [0.05, 0.1) is 18.9 Å². The topological polar surface area (TPSA) is 62.5 Å². The van der Waals surface area contributed by atoms with Crippen LogP contribution in [0.4, 0.5) is 5.82 Å². The standard InChI is InChI=1S/C17H30N4O2/c1-13(2)15-14(10-18-11-17(12-22)4-5-17)16(20(3)19-15)21-6-8-23-9-7-21/h13,18,22H,4-12H2,1-3H3. The molecule has 0 spiro atoms. The number of aryl methyl sites for hydroxylation is 1. The van der Waals surface area contributed by atoms with Crippen LogP contribution in [0.25, 0.3) is 0 Å². The summed E-state index contributed by atoms with van der Waals surface area (Å²) < 4.78 is 7.51. The number of hydrogen-bond donors (Lipinski definition) is 2. The van der Waals surface area contributed by atoms with E-state index in [1.54, 1.807) is 0 Å². The molecule has 1 aromatic heterocycles. The van der Waals surface area contributed by atoms with Gasteiger partial charge in [-0.15, -0.1) is 0 Å². The van der Waals surface area contributed by atoms with E-state index in [2.05, 4.69) is 24.1 Å². The Morgan fingerprint density at radius 2 is 2.00 bits per heavy atom. The highest BCUT2D eigenvalue weighted by Crippen LogP contribution is 2.44. The van der Waals surface area contributed by atoms with Crippen molar-refractivity contribution >= 4 is 5.82 Å². The van der Waals surface area contributed by atoms with Crippen LogP contribution < -0.4 is 10.2 Å². The third kappa shape index (κ3) is 3.54. The summed E-state index contributed by atoms with van der Waals surface area (Å²) in [5.74, 6) is 1.62. The fourth-order valence-corrected chi connectivity index (χ4v) is 3.40. The lowest BCUT2D eigenvalue weighted by molar-refractivity contribution is 0.122. The van der Waals surface area contributed by atoms with Crippen molar-refractivity contribution in [1.82, 2.24) is 15.1 Å². The zero-order valence-corrected chi connectivity index (χ0v) is 14.6. The van der Waals surface area contributed by atoms with Crippen LogP contribution in [0.3, 0.4) is 0 Å². The number of anilines is 1. The van der Waals surface area contributed by atoms with Crippen LogP contribution in [-0.4, -0.2) is 54.3 Å². The van der Waals surface area contributed by atoms with Gasteiger partial charge in [0, 0.05) is 50.8 Å². The van der Waals surface area contributed by atoms with E-state index >= 15 is 0 Å². The van der Waals surface area contributed by atoms with Crippen molar-refractivity contribution in [3.8, 4) is 0 Å². The van der Waals surface area contributed by atoms with Crippen LogP contribution in [0.2, 0.25) is 0 Å². The average Bonchev–Trinajstić information content (AvgIpc) is 3.25. The molecular formula is C17H30N4O2. The maximum absolute atomic E-state index is 9.48. The summed E-state index contributed by atoms with van der Waals surface area (Å²) in [6.45, 7) is 9.80. The molecular weight excluding hydrogens is 292 g/mol. The fraction of sp³-hybridized carbons (Fsp3) is 0.824. The molecule has 0 aromatic carbocycles. The molecule has 3 rings (SSSR count). The van der Waals surface area contributed by atoms with Crippen LogP contribution in [0.1, 0.15) is 43.9 Å². The molecule has 6 heteroatoms. The molecule has 1 aromatic rings. The lowest BCUT2D eigenvalue weighted by atomic mass is 10.0. The zero-order chi connectivity index (χ0) is 16.4. The lowest BCUT2D eigenvalue weighted by Gasteiger charge is -2.30. The summed E-state index contributed by atoms with van der Waals surface area (Å²) in [5, 5.41) is 17.8. The van der Waals surface area contributed by atoms with Crippen molar-refractivity contribution in [3.05, 3.63) is 11.3 Å². The minimum absolute atomic E-state index is 0.138. The number of aliphatic hydroxyl groups is 1. The summed E-state index contributed by atoms with van der Waals surface area (Å²) in [6.07, 6.45) is 2.27. The molecule has 0 radical (unpaired) electrons. The first-order chi connectivity index (χ1) is 11.1. The summed E-state index contributed by atoms with van der Waals surface area (Å²) in [5.41, 5.74) is 2.62. The fourth-order valence-electron chi connectivity index (χ4n) is 3.40. The van der Waals surface area contributed by atoms with Crippen LogP contribution in [0.15, 0.2) is 0 Å². The van der Waals surface area contributed by atoms with E-state index in [9.17, 15) is 5.11 Å². The molecule has 0 amide bonds. The first kappa shape index (κ1) is 16.7. The average molecular weight is 322 g/mol. The van der Waals surface area contributed by atoms with Gasteiger partial charge in [-0.25, -0.2) is 0 Å². The minimum Gasteiger partial charge on any atom is -0.396 e. The van der Waals surface area contributed by atoms with Gasteiger partial charge in [-0.2, -0.15) is 5.10 Å². The maximum atomic E-state index is 9.48. The Kier molecular flexibility index (Phi) is 4.94. The Morgan fingerprint density at radius 1 is 1.30 bits per heavy atom. The van der Waals surface area contributed by atoms with Gasteiger partial charge in [-0.3, -0.25) is 4.68 Å². The van der Waals surface area contributed by atoms with Gasteiger partial charge in [0.15, 0.2) is 0 Å². The first-order valence-corrected chi connectivity index (χ1v) is 8.76. The molecule has 2 aliphatic rings. The van der Waals surface area contributed by atoms with Gasteiger partial charge >= 0.3 is 0 Å². The Hall–Kier alpha value is -1.11. The molecule has 1 aliphatic carbocycles. The van der Waals surface area contributed by atoms with Crippen LogP contribution in [-0.2, 0) is 18.3 Å². The Labute approximate surface area is 138 Å². The molecule has 130 valence electrons. The van der Waals surface area contributed by atoms with E-state index in [1.165, 1.54) is 17.1 Å². The van der Waals surface area contributed by atoms with Crippen LogP contribution >= 0.6 is 0 Å². The second-order valence-corrected chi connectivity index (χ2v) is 7.33. The molecule has 1 aliphatic heterocycles. The van der Waals surface area contributed by atoms with E-state index in [1.807, 2.05) is 11.7 Å². The van der Waals surface area contributed by atoms with Crippen molar-refractivity contribution in [1.29, 1.82) is 0 Å². The second-order valence-electron chi connectivity index (χ2n) is 7.33. The van der Waals surface area contributed by atoms with Gasteiger partial charge < -0.3 is 20.1 Å². The quantitative estimate of drug-likeness (QED) is 0.791. The predicted octanol–water partition coefficient (Wildman–Crippen LogP) is 1.24. The SMILES string of the molecule is CC(C)c1nn(C)c(N2CCOCC2)c1CNCC1(CO)CC1. The molecule has 2 N–H and O–H groups in total. The summed E-state index contributed by atoms with van der Waals surface area (Å²) in [4.78, 5) is 2.39. The predicted molar refractivity (Wildman–Crippen MR) is 90.8 cm³/mol. The lowest BCUT2D eigenvalue weighted by Crippen LogP contribution is -2.38. The molecule has 6 nitrogen and oxygen atoms in total. The summed E-state index contributed by atoms with van der Waals surface area (Å²) in [7, 11) is 2.04. The van der Waals surface area contributed by atoms with Gasteiger partial charge in [0.2, 0.25) is 0 Å². The summed E-state index contributed by atoms with van der Waals surface area (Å²) >= 11 is 0. The van der Waals surface area contributed by atoms with Crippen LogP contribution in [0.5, 0.6) is 0 Å². The number of ether oxygens (including phenoxy) is 1. The van der Waals surface area contributed by atoms with Crippen LogP contribution in [0, 0.1) is 5.41 Å². The van der Waals surface area contributed by atoms with Crippen molar-refractivity contribution in [3.63, 3.8) is 0 Å². The number of aromatic nitrogens is 2. The minimum atomic E-state index is 0.138. The monoisotopic (exact) mass is 322 g/mol. The number of nitrogens with one attached hydrogen (secondary N) is 1. The van der Waals surface area contributed by atoms with E-state index in [-0.39, 0.29) is 5.41 Å². The highest BCUT2D eigenvalue weighted by molar-refractivity contribution is 5.51.